The van der Waals surface area contributed by atoms with Crippen molar-refractivity contribution in [2.75, 3.05) is 6.54 Å². The molecular weight excluding hydrogens is 384 g/mol. The van der Waals surface area contributed by atoms with Gasteiger partial charge < -0.3 is 9.32 Å². The third-order valence-electron chi connectivity index (χ3n) is 4.04. The van der Waals surface area contributed by atoms with Crippen molar-refractivity contribution in [2.45, 2.75) is 19.4 Å². The van der Waals surface area contributed by atoms with Crippen molar-refractivity contribution in [1.29, 1.82) is 0 Å². The van der Waals surface area contributed by atoms with Gasteiger partial charge in [0.05, 0.1) is 10.5 Å². The van der Waals surface area contributed by atoms with Crippen molar-refractivity contribution in [3.05, 3.63) is 51.2 Å². The van der Waals surface area contributed by atoms with E-state index in [1.165, 1.54) is 0 Å². The van der Waals surface area contributed by atoms with E-state index in [9.17, 15) is 4.79 Å². The molecular formula is C15H12BrClN4O2. The molecule has 0 saturated carbocycles. The van der Waals surface area contributed by atoms with Gasteiger partial charge in [-0.2, -0.15) is 5.10 Å². The van der Waals surface area contributed by atoms with E-state index in [4.69, 9.17) is 16.0 Å². The summed E-state index contributed by atoms with van der Waals surface area (Å²) in [5, 5.41) is 4.68. The van der Waals surface area contributed by atoms with Crippen LogP contribution in [0.3, 0.4) is 0 Å². The highest BCUT2D eigenvalue weighted by Gasteiger charge is 2.32. The number of aromatic nitrogens is 3. The van der Waals surface area contributed by atoms with Crippen molar-refractivity contribution in [3.8, 4) is 0 Å². The maximum atomic E-state index is 12.8. The molecule has 4 rings (SSSR count). The molecule has 0 radical (unpaired) electrons. The Morgan fingerprint density at radius 1 is 1.48 bits per heavy atom. The molecule has 1 aliphatic heterocycles. The number of amides is 1. The minimum atomic E-state index is -0.178. The first-order chi connectivity index (χ1) is 11.0. The zero-order valence-corrected chi connectivity index (χ0v) is 14.5. The molecule has 0 aliphatic carbocycles. The summed E-state index contributed by atoms with van der Waals surface area (Å²) >= 11 is 9.27. The first-order valence-corrected chi connectivity index (χ1v) is 8.30. The fourth-order valence-corrected chi connectivity index (χ4v) is 3.43. The lowest BCUT2D eigenvalue weighted by molar-refractivity contribution is 0.0646. The van der Waals surface area contributed by atoms with Crippen LogP contribution < -0.4 is 0 Å². The standard InChI is InChI=1S/C15H12BrClN4O2/c1-8-14-9(4-12(17)23-14)2-3-20(8)15(22)11-5-13-18-6-10(16)7-21(13)19-11/h4-8H,2-3H2,1H3. The van der Waals surface area contributed by atoms with Crippen molar-refractivity contribution >= 4 is 39.1 Å². The first kappa shape index (κ1) is 14.7. The first-order valence-electron chi connectivity index (χ1n) is 7.13. The Bertz CT molecular complexity index is 919. The van der Waals surface area contributed by atoms with Crippen LogP contribution in [0, 0.1) is 0 Å². The number of furan rings is 1. The van der Waals surface area contributed by atoms with Crippen molar-refractivity contribution in [2.24, 2.45) is 0 Å². The molecule has 3 aromatic heterocycles. The smallest absolute Gasteiger partial charge is 0.275 e. The van der Waals surface area contributed by atoms with Gasteiger partial charge in [-0.3, -0.25) is 4.79 Å². The zero-order valence-electron chi connectivity index (χ0n) is 12.2. The van der Waals surface area contributed by atoms with E-state index >= 15 is 0 Å². The largest absolute Gasteiger partial charge is 0.447 e. The lowest BCUT2D eigenvalue weighted by atomic mass is 10.0. The van der Waals surface area contributed by atoms with Crippen molar-refractivity contribution in [1.82, 2.24) is 19.5 Å². The number of carbonyl (C=O) groups excluding carboxylic acids is 1. The van der Waals surface area contributed by atoms with Crippen molar-refractivity contribution in [3.63, 3.8) is 0 Å². The van der Waals surface area contributed by atoms with Gasteiger partial charge in [-0.05, 0) is 52.5 Å². The molecule has 3 aromatic rings. The number of hydrogen-bond donors (Lipinski definition) is 0. The highest BCUT2D eigenvalue weighted by Crippen LogP contribution is 2.34. The monoisotopic (exact) mass is 394 g/mol. The quantitative estimate of drug-likeness (QED) is 0.632. The SMILES string of the molecule is CC1c2oc(Cl)cc2CCN1C(=O)c1cc2ncc(Br)cn2n1. The molecule has 118 valence electrons. The zero-order chi connectivity index (χ0) is 16.1. The Balaban J connectivity index is 1.68. The molecule has 0 saturated heterocycles. The van der Waals surface area contributed by atoms with Crippen LogP contribution in [0.2, 0.25) is 5.22 Å². The Morgan fingerprint density at radius 3 is 3.13 bits per heavy atom. The summed E-state index contributed by atoms with van der Waals surface area (Å²) in [4.78, 5) is 18.8. The van der Waals surface area contributed by atoms with Gasteiger partial charge in [-0.1, -0.05) is 0 Å². The fourth-order valence-electron chi connectivity index (χ4n) is 2.92. The number of fused-ring (bicyclic) bond motifs is 2. The maximum absolute atomic E-state index is 12.8. The molecule has 0 N–H and O–H groups in total. The summed E-state index contributed by atoms with van der Waals surface area (Å²) in [6.45, 7) is 2.54. The van der Waals surface area contributed by atoms with Gasteiger partial charge in [0.25, 0.3) is 5.91 Å². The average molecular weight is 396 g/mol. The van der Waals surface area contributed by atoms with Gasteiger partial charge in [0.15, 0.2) is 16.6 Å². The molecule has 0 fully saturated rings. The Labute approximate surface area is 145 Å². The van der Waals surface area contributed by atoms with Crippen LogP contribution in [0.25, 0.3) is 5.65 Å². The van der Waals surface area contributed by atoms with Gasteiger partial charge in [0.1, 0.15) is 5.76 Å². The number of carbonyl (C=O) groups is 1. The van der Waals surface area contributed by atoms with E-state index in [0.717, 1.165) is 22.2 Å². The summed E-state index contributed by atoms with van der Waals surface area (Å²) in [7, 11) is 0. The highest BCUT2D eigenvalue weighted by molar-refractivity contribution is 9.10. The minimum Gasteiger partial charge on any atom is -0.447 e. The second-order valence-corrected chi connectivity index (χ2v) is 6.76. The minimum absolute atomic E-state index is 0.141. The average Bonchev–Trinajstić information content (AvgIpc) is 3.09. The molecule has 8 heteroatoms. The van der Waals surface area contributed by atoms with Crippen LogP contribution in [0.15, 0.2) is 33.4 Å². The number of rotatable bonds is 1. The van der Waals surface area contributed by atoms with E-state index in [-0.39, 0.29) is 11.9 Å². The van der Waals surface area contributed by atoms with E-state index in [0.29, 0.717) is 23.1 Å². The molecule has 1 amide bonds. The number of hydrogen-bond acceptors (Lipinski definition) is 4. The van der Waals surface area contributed by atoms with Gasteiger partial charge in [-0.25, -0.2) is 9.50 Å². The second-order valence-electron chi connectivity index (χ2n) is 5.47. The molecule has 23 heavy (non-hydrogen) atoms. The molecule has 0 aromatic carbocycles. The van der Waals surface area contributed by atoms with Gasteiger partial charge >= 0.3 is 0 Å². The number of nitrogens with zero attached hydrogens (tertiary/aromatic N) is 4. The highest BCUT2D eigenvalue weighted by atomic mass is 79.9. The predicted molar refractivity (Wildman–Crippen MR) is 87.6 cm³/mol. The van der Waals surface area contributed by atoms with Crippen molar-refractivity contribution < 1.29 is 9.21 Å². The normalized spacial score (nSPS) is 17.5. The van der Waals surface area contributed by atoms with Crippen LogP contribution >= 0.6 is 27.5 Å². The van der Waals surface area contributed by atoms with Crippen LogP contribution in [0.1, 0.15) is 34.8 Å². The molecule has 4 heterocycles. The lowest BCUT2D eigenvalue weighted by Gasteiger charge is -2.31. The second kappa shape index (κ2) is 5.35. The van der Waals surface area contributed by atoms with Gasteiger partial charge in [0.2, 0.25) is 0 Å². The predicted octanol–water partition coefficient (Wildman–Crippen LogP) is 3.50. The van der Waals surface area contributed by atoms with Crippen LogP contribution in [-0.4, -0.2) is 31.9 Å². The molecule has 0 bridgehead atoms. The summed E-state index contributed by atoms with van der Waals surface area (Å²) < 4.78 is 7.92. The van der Waals surface area contributed by atoms with E-state index in [1.807, 2.05) is 13.0 Å². The lowest BCUT2D eigenvalue weighted by Crippen LogP contribution is -2.38. The van der Waals surface area contributed by atoms with Gasteiger partial charge in [-0.15, -0.1) is 0 Å². The summed E-state index contributed by atoms with van der Waals surface area (Å²) in [5.74, 6) is 0.608. The Kier molecular flexibility index (Phi) is 3.42. The maximum Gasteiger partial charge on any atom is 0.275 e. The van der Waals surface area contributed by atoms with Crippen LogP contribution in [0.5, 0.6) is 0 Å². The number of halogens is 2. The molecule has 1 atom stereocenters. The third kappa shape index (κ3) is 2.44. The Morgan fingerprint density at radius 2 is 2.30 bits per heavy atom. The topological polar surface area (TPSA) is 63.6 Å². The summed E-state index contributed by atoms with van der Waals surface area (Å²) in [6.07, 6.45) is 4.16. The van der Waals surface area contributed by atoms with Gasteiger partial charge in [0, 0.05) is 25.0 Å². The Hall–Kier alpha value is -1.86. The molecule has 1 aliphatic rings. The van der Waals surface area contributed by atoms with E-state index in [2.05, 4.69) is 26.0 Å². The summed E-state index contributed by atoms with van der Waals surface area (Å²) in [5.41, 5.74) is 2.05. The molecule has 1 unspecified atom stereocenters. The van der Waals surface area contributed by atoms with E-state index in [1.54, 1.807) is 27.9 Å². The van der Waals surface area contributed by atoms with Crippen LogP contribution in [-0.2, 0) is 6.42 Å². The van der Waals surface area contributed by atoms with Crippen LogP contribution in [0.4, 0.5) is 0 Å². The third-order valence-corrected chi connectivity index (χ3v) is 4.64. The summed E-state index contributed by atoms with van der Waals surface area (Å²) in [6, 6.07) is 3.33. The molecule has 6 nitrogen and oxygen atoms in total. The van der Waals surface area contributed by atoms with E-state index < -0.39 is 0 Å². The fraction of sp³-hybridized carbons (Fsp3) is 0.267. The molecule has 0 spiro atoms.